The van der Waals surface area contributed by atoms with Gasteiger partial charge in [0.25, 0.3) is 0 Å². The second kappa shape index (κ2) is 5.30. The summed E-state index contributed by atoms with van der Waals surface area (Å²) >= 11 is 5.94. The lowest BCUT2D eigenvalue weighted by molar-refractivity contribution is -0.137. The molecule has 0 spiro atoms. The van der Waals surface area contributed by atoms with Gasteiger partial charge in [-0.1, -0.05) is 29.8 Å². The first-order valence-corrected chi connectivity index (χ1v) is 8.41. The molecule has 2 aromatic carbocycles. The normalized spacial score (nSPS) is 20.2. The third-order valence-electron chi connectivity index (χ3n) is 3.61. The Morgan fingerprint density at radius 2 is 1.82 bits per heavy atom. The third kappa shape index (κ3) is 2.34. The van der Waals surface area contributed by atoms with Crippen molar-refractivity contribution in [2.45, 2.75) is 16.2 Å². The van der Waals surface area contributed by atoms with Crippen molar-refractivity contribution in [1.29, 1.82) is 0 Å². The van der Waals surface area contributed by atoms with Crippen molar-refractivity contribution in [1.82, 2.24) is 0 Å². The summed E-state index contributed by atoms with van der Waals surface area (Å²) in [6.45, 7) is 0. The molecule has 0 amide bonds. The Labute approximate surface area is 132 Å². The van der Waals surface area contributed by atoms with E-state index in [-0.39, 0.29) is 4.90 Å². The van der Waals surface area contributed by atoms with Crippen LogP contribution in [0.1, 0.15) is 10.8 Å². The maximum atomic E-state index is 12.9. The van der Waals surface area contributed by atoms with Crippen LogP contribution >= 0.6 is 11.6 Å². The smallest absolute Gasteiger partial charge is 0.327 e. The second-order valence-electron chi connectivity index (χ2n) is 4.97. The number of halogens is 1. The zero-order valence-electron chi connectivity index (χ0n) is 11.2. The molecule has 2 atom stereocenters. The fraction of sp³-hybridized carbons (Fsp3) is 0.133. The molecule has 0 aromatic heterocycles. The molecule has 2 N–H and O–H groups in total. The van der Waals surface area contributed by atoms with Crippen LogP contribution in [0.5, 0.6) is 0 Å². The van der Waals surface area contributed by atoms with Gasteiger partial charge in [-0.05, 0) is 35.9 Å². The molecule has 1 heterocycles. The van der Waals surface area contributed by atoms with Crippen LogP contribution in [-0.4, -0.2) is 25.5 Å². The van der Waals surface area contributed by atoms with Gasteiger partial charge in [0.2, 0.25) is 0 Å². The number of aliphatic carboxylic acids is 1. The summed E-state index contributed by atoms with van der Waals surface area (Å²) in [4.78, 5) is 11.6. The van der Waals surface area contributed by atoms with Crippen LogP contribution in [0, 0.1) is 0 Å². The monoisotopic (exact) mass is 337 g/mol. The predicted molar refractivity (Wildman–Crippen MR) is 82.9 cm³/mol. The van der Waals surface area contributed by atoms with E-state index in [0.29, 0.717) is 16.3 Å². The topological polar surface area (TPSA) is 83.5 Å². The van der Waals surface area contributed by atoms with Crippen molar-refractivity contribution in [3.8, 4) is 0 Å². The Kier molecular flexibility index (Phi) is 3.58. The minimum absolute atomic E-state index is 0.0841. The van der Waals surface area contributed by atoms with Crippen LogP contribution < -0.4 is 5.32 Å². The fourth-order valence-corrected chi connectivity index (χ4v) is 4.70. The van der Waals surface area contributed by atoms with Crippen LogP contribution in [0.15, 0.2) is 53.4 Å². The highest BCUT2D eigenvalue weighted by molar-refractivity contribution is 7.91. The molecule has 2 aromatic rings. The minimum Gasteiger partial charge on any atom is -0.480 e. The lowest BCUT2D eigenvalue weighted by atomic mass is 10.1. The lowest BCUT2D eigenvalue weighted by Crippen LogP contribution is -2.34. The minimum atomic E-state index is -3.87. The number of fused-ring (bicyclic) bond motifs is 1. The van der Waals surface area contributed by atoms with Gasteiger partial charge >= 0.3 is 5.97 Å². The van der Waals surface area contributed by atoms with Gasteiger partial charge < -0.3 is 10.4 Å². The summed E-state index contributed by atoms with van der Waals surface area (Å²) < 4.78 is 25.8. The zero-order valence-corrected chi connectivity index (χ0v) is 12.8. The number of carboxylic acids is 1. The summed E-state index contributed by atoms with van der Waals surface area (Å²) in [6.07, 6.45) is 0. The Balaban J connectivity index is 2.19. The maximum Gasteiger partial charge on any atom is 0.327 e. The Morgan fingerprint density at radius 3 is 2.45 bits per heavy atom. The summed E-state index contributed by atoms with van der Waals surface area (Å²) in [7, 11) is -3.87. The van der Waals surface area contributed by atoms with Crippen LogP contribution in [-0.2, 0) is 14.6 Å². The molecule has 22 heavy (non-hydrogen) atoms. The molecule has 0 saturated heterocycles. The second-order valence-corrected chi connectivity index (χ2v) is 7.48. The quantitative estimate of drug-likeness (QED) is 0.899. The van der Waals surface area contributed by atoms with E-state index in [2.05, 4.69) is 5.32 Å². The number of benzene rings is 2. The maximum absolute atomic E-state index is 12.9. The van der Waals surface area contributed by atoms with E-state index in [1.54, 1.807) is 30.3 Å². The Morgan fingerprint density at radius 1 is 1.14 bits per heavy atom. The summed E-state index contributed by atoms with van der Waals surface area (Å²) in [5.41, 5.74) is 0.852. The first-order valence-electron chi connectivity index (χ1n) is 6.49. The molecule has 0 saturated carbocycles. The van der Waals surface area contributed by atoms with Gasteiger partial charge in [0, 0.05) is 10.7 Å². The van der Waals surface area contributed by atoms with E-state index in [1.807, 2.05) is 0 Å². The largest absolute Gasteiger partial charge is 0.480 e. The van der Waals surface area contributed by atoms with E-state index in [4.69, 9.17) is 11.6 Å². The van der Waals surface area contributed by atoms with Gasteiger partial charge in [-0.25, -0.2) is 13.2 Å². The fourth-order valence-electron chi connectivity index (χ4n) is 2.62. The molecule has 0 radical (unpaired) electrons. The van der Waals surface area contributed by atoms with Gasteiger partial charge in [-0.15, -0.1) is 0 Å². The number of nitrogens with one attached hydrogen (secondary N) is 1. The Bertz CT molecular complexity index is 836. The summed E-state index contributed by atoms with van der Waals surface area (Å²) in [5, 5.41) is 11.3. The van der Waals surface area contributed by atoms with E-state index in [0.717, 1.165) is 0 Å². The number of carbonyl (C=O) groups is 1. The number of rotatable bonds is 3. The molecule has 3 rings (SSSR count). The molecule has 0 aliphatic carbocycles. The van der Waals surface area contributed by atoms with Crippen molar-refractivity contribution >= 4 is 33.1 Å². The number of sulfone groups is 1. The average molecular weight is 338 g/mol. The predicted octanol–water partition coefficient (Wildman–Crippen LogP) is 2.73. The first-order chi connectivity index (χ1) is 10.4. The van der Waals surface area contributed by atoms with Gasteiger partial charge in [0.1, 0.15) is 11.3 Å². The van der Waals surface area contributed by atoms with E-state index < -0.39 is 27.1 Å². The van der Waals surface area contributed by atoms with E-state index >= 15 is 0 Å². The van der Waals surface area contributed by atoms with Crippen molar-refractivity contribution < 1.29 is 18.3 Å². The number of carboxylic acid groups (broad SMARTS) is 1. The summed E-state index contributed by atoms with van der Waals surface area (Å²) in [5.74, 6) is -1.23. The highest BCUT2D eigenvalue weighted by Gasteiger charge is 2.46. The van der Waals surface area contributed by atoms with Crippen molar-refractivity contribution in [3.05, 3.63) is 59.1 Å². The summed E-state index contributed by atoms with van der Waals surface area (Å²) in [6, 6.07) is 11.2. The van der Waals surface area contributed by atoms with Gasteiger partial charge in [0.05, 0.1) is 4.90 Å². The third-order valence-corrected chi connectivity index (χ3v) is 5.97. The lowest BCUT2D eigenvalue weighted by Gasteiger charge is -2.17. The van der Waals surface area contributed by atoms with Crippen LogP contribution in [0.25, 0.3) is 0 Å². The molecular formula is C15H12ClNO4S. The van der Waals surface area contributed by atoms with E-state index in [9.17, 15) is 18.3 Å². The van der Waals surface area contributed by atoms with Crippen molar-refractivity contribution in [3.63, 3.8) is 0 Å². The zero-order chi connectivity index (χ0) is 15.9. The number of hydrogen-bond acceptors (Lipinski definition) is 4. The van der Waals surface area contributed by atoms with Gasteiger partial charge in [-0.2, -0.15) is 0 Å². The molecule has 1 aliphatic heterocycles. The molecule has 7 heteroatoms. The first kappa shape index (κ1) is 14.9. The van der Waals surface area contributed by atoms with Gasteiger partial charge in [0.15, 0.2) is 9.84 Å². The molecule has 5 nitrogen and oxygen atoms in total. The number of hydrogen-bond donors (Lipinski definition) is 2. The van der Waals surface area contributed by atoms with Crippen LogP contribution in [0.2, 0.25) is 5.02 Å². The van der Waals surface area contributed by atoms with Crippen LogP contribution in [0.4, 0.5) is 5.69 Å². The highest BCUT2D eigenvalue weighted by Crippen LogP contribution is 2.43. The SMILES string of the molecule is O=C(O)C1Nc2ccc(Cl)cc2C1S(=O)(=O)c1ccccc1. The highest BCUT2D eigenvalue weighted by atomic mass is 35.5. The van der Waals surface area contributed by atoms with E-state index in [1.165, 1.54) is 18.2 Å². The van der Waals surface area contributed by atoms with Crippen LogP contribution in [0.3, 0.4) is 0 Å². The molecular weight excluding hydrogens is 326 g/mol. The Hall–Kier alpha value is -2.05. The molecule has 2 unspecified atom stereocenters. The van der Waals surface area contributed by atoms with Gasteiger partial charge in [-0.3, -0.25) is 0 Å². The average Bonchev–Trinajstić information content (AvgIpc) is 2.87. The molecule has 114 valence electrons. The molecule has 1 aliphatic rings. The standard InChI is InChI=1S/C15H12ClNO4S/c16-9-6-7-12-11(8-9)14(13(17-12)15(18)19)22(20,21)10-4-2-1-3-5-10/h1-8,13-14,17H,(H,18,19). The molecule has 0 bridgehead atoms. The van der Waals surface area contributed by atoms with Crippen molar-refractivity contribution in [2.24, 2.45) is 0 Å². The van der Waals surface area contributed by atoms with Crippen molar-refractivity contribution in [2.75, 3.05) is 5.32 Å². The molecule has 0 fully saturated rings. The number of anilines is 1.